The summed E-state index contributed by atoms with van der Waals surface area (Å²) in [6, 6.07) is 0.399. The van der Waals surface area contributed by atoms with Gasteiger partial charge in [0.25, 0.3) is 5.91 Å². The molecule has 1 amide bonds. The molecule has 1 aromatic rings. The molecular weight excluding hydrogens is 279 g/mol. The van der Waals surface area contributed by atoms with Gasteiger partial charge in [0.1, 0.15) is 0 Å². The number of aromatic hydroxyl groups is 1. The number of aliphatic hydroxyl groups is 1. The number of aliphatic hydroxyl groups excluding tert-OH is 1. The Bertz CT molecular complexity index is 538. The Morgan fingerprint density at radius 3 is 2.75 bits per heavy atom. The summed E-state index contributed by atoms with van der Waals surface area (Å²) in [5, 5.41) is 18.0. The monoisotopic (exact) mass is 291 g/mol. The van der Waals surface area contributed by atoms with Gasteiger partial charge in [-0.1, -0.05) is 0 Å². The van der Waals surface area contributed by atoms with Crippen molar-refractivity contribution in [3.8, 4) is 5.75 Å². The maximum atomic E-state index is 13.6. The second-order valence-electron chi connectivity index (χ2n) is 4.31. The number of amides is 1. The number of morpholine rings is 1. The number of phenolic OH excluding ortho intramolecular Hbond substituents is 1. The minimum absolute atomic E-state index is 0.00543. The van der Waals surface area contributed by atoms with Gasteiger partial charge in [-0.05, 0) is 6.07 Å². The van der Waals surface area contributed by atoms with Crippen LogP contribution >= 0.6 is 0 Å². The van der Waals surface area contributed by atoms with Crippen molar-refractivity contribution in [2.75, 3.05) is 26.3 Å². The lowest BCUT2D eigenvalue weighted by Crippen LogP contribution is -2.47. The maximum absolute atomic E-state index is 13.6. The number of rotatable bonds is 2. The number of benzene rings is 1. The predicted octanol–water partition coefficient (Wildman–Crippen LogP) is 0.643. The van der Waals surface area contributed by atoms with Gasteiger partial charge in [0, 0.05) is 13.1 Å². The lowest BCUT2D eigenvalue weighted by atomic mass is 10.1. The zero-order valence-electron chi connectivity index (χ0n) is 10.3. The van der Waals surface area contributed by atoms with Crippen LogP contribution in [0.3, 0.4) is 0 Å². The molecule has 1 aliphatic rings. The van der Waals surface area contributed by atoms with Gasteiger partial charge >= 0.3 is 0 Å². The fourth-order valence-electron chi connectivity index (χ4n) is 1.93. The normalized spacial score (nSPS) is 19.2. The van der Waals surface area contributed by atoms with Crippen molar-refractivity contribution in [3.05, 3.63) is 29.1 Å². The third-order valence-electron chi connectivity index (χ3n) is 2.99. The molecule has 1 heterocycles. The molecule has 5 nitrogen and oxygen atoms in total. The third kappa shape index (κ3) is 2.56. The Morgan fingerprint density at radius 1 is 1.40 bits per heavy atom. The van der Waals surface area contributed by atoms with E-state index in [0.717, 1.165) is 4.90 Å². The zero-order chi connectivity index (χ0) is 14.9. The van der Waals surface area contributed by atoms with Gasteiger partial charge in [-0.3, -0.25) is 4.79 Å². The summed E-state index contributed by atoms with van der Waals surface area (Å²) in [5.41, 5.74) is -0.764. The Balaban J connectivity index is 2.29. The molecule has 0 saturated carbocycles. The second-order valence-corrected chi connectivity index (χ2v) is 4.31. The van der Waals surface area contributed by atoms with E-state index >= 15 is 0 Å². The van der Waals surface area contributed by atoms with E-state index in [-0.39, 0.29) is 26.3 Å². The molecule has 2 rings (SSSR count). The Kier molecular flexibility index (Phi) is 4.15. The lowest BCUT2D eigenvalue weighted by Gasteiger charge is -2.32. The first-order valence-corrected chi connectivity index (χ1v) is 5.84. The highest BCUT2D eigenvalue weighted by Crippen LogP contribution is 2.27. The fraction of sp³-hybridized carbons (Fsp3) is 0.417. The Hall–Kier alpha value is -1.80. The molecule has 20 heavy (non-hydrogen) atoms. The Morgan fingerprint density at radius 2 is 2.10 bits per heavy atom. The molecule has 1 atom stereocenters. The molecule has 1 fully saturated rings. The molecule has 0 bridgehead atoms. The van der Waals surface area contributed by atoms with Crippen molar-refractivity contribution in [1.82, 2.24) is 4.90 Å². The number of halogens is 3. The van der Waals surface area contributed by atoms with Gasteiger partial charge in [-0.2, -0.15) is 4.39 Å². The lowest BCUT2D eigenvalue weighted by molar-refractivity contribution is -0.0448. The van der Waals surface area contributed by atoms with E-state index in [1.807, 2.05) is 0 Å². The van der Waals surface area contributed by atoms with E-state index in [1.54, 1.807) is 0 Å². The van der Waals surface area contributed by atoms with Crippen molar-refractivity contribution < 1.29 is 32.9 Å². The average molecular weight is 291 g/mol. The van der Waals surface area contributed by atoms with E-state index in [2.05, 4.69) is 0 Å². The molecule has 0 aromatic heterocycles. The maximum Gasteiger partial charge on any atom is 0.257 e. The molecule has 1 aliphatic heterocycles. The molecule has 8 heteroatoms. The van der Waals surface area contributed by atoms with Gasteiger partial charge in [-0.25, -0.2) is 8.78 Å². The van der Waals surface area contributed by atoms with Crippen LogP contribution < -0.4 is 0 Å². The van der Waals surface area contributed by atoms with E-state index < -0.39 is 40.8 Å². The molecule has 1 aromatic carbocycles. The van der Waals surface area contributed by atoms with E-state index in [1.165, 1.54) is 0 Å². The van der Waals surface area contributed by atoms with Gasteiger partial charge in [-0.15, -0.1) is 0 Å². The third-order valence-corrected chi connectivity index (χ3v) is 2.99. The summed E-state index contributed by atoms with van der Waals surface area (Å²) in [4.78, 5) is 13.2. The van der Waals surface area contributed by atoms with Crippen LogP contribution in [-0.2, 0) is 4.74 Å². The van der Waals surface area contributed by atoms with Crippen molar-refractivity contribution >= 4 is 5.91 Å². The quantitative estimate of drug-likeness (QED) is 0.785. The molecule has 1 unspecified atom stereocenters. The van der Waals surface area contributed by atoms with Crippen LogP contribution in [0.15, 0.2) is 6.07 Å². The second kappa shape index (κ2) is 5.68. The minimum Gasteiger partial charge on any atom is -0.503 e. The van der Waals surface area contributed by atoms with Crippen molar-refractivity contribution in [2.24, 2.45) is 0 Å². The highest BCUT2D eigenvalue weighted by molar-refractivity contribution is 5.95. The summed E-state index contributed by atoms with van der Waals surface area (Å²) in [7, 11) is 0. The first-order chi connectivity index (χ1) is 9.45. The predicted molar refractivity (Wildman–Crippen MR) is 60.7 cm³/mol. The minimum atomic E-state index is -1.74. The molecule has 1 saturated heterocycles. The molecule has 0 spiro atoms. The average Bonchev–Trinajstić information content (AvgIpc) is 2.48. The van der Waals surface area contributed by atoms with Gasteiger partial charge in [0.2, 0.25) is 5.82 Å². The fourth-order valence-corrected chi connectivity index (χ4v) is 1.93. The molecule has 110 valence electrons. The smallest absolute Gasteiger partial charge is 0.257 e. The van der Waals surface area contributed by atoms with Crippen LogP contribution in [0.25, 0.3) is 0 Å². The summed E-state index contributed by atoms with van der Waals surface area (Å²) < 4.78 is 44.9. The van der Waals surface area contributed by atoms with Gasteiger partial charge in [0.15, 0.2) is 17.4 Å². The molecule has 0 radical (unpaired) electrons. The van der Waals surface area contributed by atoms with E-state index in [9.17, 15) is 18.0 Å². The van der Waals surface area contributed by atoms with Crippen LogP contribution in [0.4, 0.5) is 13.2 Å². The van der Waals surface area contributed by atoms with Crippen molar-refractivity contribution in [2.45, 2.75) is 6.10 Å². The van der Waals surface area contributed by atoms with Gasteiger partial charge in [0.05, 0.1) is 24.9 Å². The topological polar surface area (TPSA) is 70.0 Å². The number of hydrogen-bond donors (Lipinski definition) is 2. The number of ether oxygens (including phenoxy) is 1. The zero-order valence-corrected chi connectivity index (χ0v) is 10.3. The SMILES string of the molecule is O=C(c1cc(F)c(F)c(O)c1F)N1CCOC(CO)C1. The van der Waals surface area contributed by atoms with Crippen LogP contribution in [0.1, 0.15) is 10.4 Å². The standard InChI is InChI=1S/C12H12F3NO4/c13-8-3-7(9(14)11(18)10(8)15)12(19)16-1-2-20-6(4-16)5-17/h3,6,17-18H,1-2,4-5H2. The van der Waals surface area contributed by atoms with Crippen molar-refractivity contribution in [1.29, 1.82) is 0 Å². The van der Waals surface area contributed by atoms with Crippen LogP contribution in [0.5, 0.6) is 5.75 Å². The summed E-state index contributed by atoms with van der Waals surface area (Å²) in [6.45, 7) is -0.0768. The number of nitrogens with zero attached hydrogens (tertiary/aromatic N) is 1. The first kappa shape index (κ1) is 14.6. The molecule has 2 N–H and O–H groups in total. The Labute approximate surface area is 112 Å². The highest BCUT2D eigenvalue weighted by Gasteiger charge is 2.29. The largest absolute Gasteiger partial charge is 0.503 e. The summed E-state index contributed by atoms with van der Waals surface area (Å²) >= 11 is 0. The molecule has 0 aliphatic carbocycles. The van der Waals surface area contributed by atoms with Crippen LogP contribution in [0, 0.1) is 17.5 Å². The van der Waals surface area contributed by atoms with Crippen LogP contribution in [0.2, 0.25) is 0 Å². The number of hydrogen-bond acceptors (Lipinski definition) is 4. The van der Waals surface area contributed by atoms with Gasteiger partial charge < -0.3 is 19.8 Å². The molecular formula is C12H12F3NO4. The number of phenols is 1. The summed E-state index contributed by atoms with van der Waals surface area (Å²) in [6.07, 6.45) is -0.616. The van der Waals surface area contributed by atoms with E-state index in [0.29, 0.717) is 6.07 Å². The van der Waals surface area contributed by atoms with Crippen molar-refractivity contribution in [3.63, 3.8) is 0 Å². The van der Waals surface area contributed by atoms with E-state index in [4.69, 9.17) is 14.9 Å². The highest BCUT2D eigenvalue weighted by atomic mass is 19.2. The first-order valence-electron chi connectivity index (χ1n) is 5.84. The number of carbonyl (C=O) groups excluding carboxylic acids is 1. The summed E-state index contributed by atoms with van der Waals surface area (Å²) in [5.74, 6) is -7.20. The number of carbonyl (C=O) groups is 1. The van der Waals surface area contributed by atoms with Crippen LogP contribution in [-0.4, -0.2) is 53.4 Å².